The number of hydrogen-bond donors (Lipinski definition) is 1. The van der Waals surface area contributed by atoms with Crippen molar-refractivity contribution in [3.05, 3.63) is 105 Å². The monoisotopic (exact) mass is 494 g/mol. The van der Waals surface area contributed by atoms with Gasteiger partial charge in [0.15, 0.2) is 0 Å². The maximum Gasteiger partial charge on any atom is 0.254 e. The van der Waals surface area contributed by atoms with E-state index in [-0.39, 0.29) is 23.9 Å². The normalized spacial score (nSPS) is 17.9. The van der Waals surface area contributed by atoms with E-state index in [1.165, 1.54) is 0 Å². The molecule has 0 saturated carbocycles. The summed E-state index contributed by atoms with van der Waals surface area (Å²) in [7, 11) is 0. The van der Waals surface area contributed by atoms with Crippen LogP contribution in [0, 0.1) is 13.8 Å². The predicted molar refractivity (Wildman–Crippen MR) is 138 cm³/mol. The molecule has 0 spiro atoms. The lowest BCUT2D eigenvalue weighted by Gasteiger charge is -2.40. The molecule has 2 atom stereocenters. The number of carbonyl (C=O) groups is 2. The van der Waals surface area contributed by atoms with Crippen molar-refractivity contribution >= 4 is 35.0 Å². The topological polar surface area (TPSA) is 49.4 Å². The number of likely N-dealkylation sites (tertiary alicyclic amines) is 1. The molecular formula is C28H28Cl2N2O2. The minimum atomic E-state index is -0.0931. The molecule has 0 radical (unpaired) electrons. The van der Waals surface area contributed by atoms with E-state index in [9.17, 15) is 9.59 Å². The van der Waals surface area contributed by atoms with Gasteiger partial charge >= 0.3 is 0 Å². The standard InChI is InChI=1S/C28H28Cl2N2O2/c1-18-10-19(2)12-21(11-18)27(33)31-25-8-9-32(26(17-25)13-20-6-4-3-5-7-20)28(34)22-14-23(29)16-24(30)15-22/h3-7,10-12,14-16,25-26H,8-9,13,17H2,1-2H3,(H,31,33)/t25-,26+/m0/s1. The summed E-state index contributed by atoms with van der Waals surface area (Å²) < 4.78 is 0. The quantitative estimate of drug-likeness (QED) is 0.455. The fraction of sp³-hybridized carbons (Fsp3) is 0.286. The fourth-order valence-corrected chi connectivity index (χ4v) is 5.27. The number of rotatable bonds is 5. The maximum atomic E-state index is 13.5. The molecule has 0 unspecified atom stereocenters. The van der Waals surface area contributed by atoms with Gasteiger partial charge in [-0.3, -0.25) is 9.59 Å². The lowest BCUT2D eigenvalue weighted by Crippen LogP contribution is -2.52. The first-order valence-electron chi connectivity index (χ1n) is 11.5. The lowest BCUT2D eigenvalue weighted by atomic mass is 9.91. The third-order valence-corrected chi connectivity index (χ3v) is 6.66. The van der Waals surface area contributed by atoms with Crippen LogP contribution in [0.4, 0.5) is 0 Å². The van der Waals surface area contributed by atoms with Gasteiger partial charge in [-0.2, -0.15) is 0 Å². The van der Waals surface area contributed by atoms with Gasteiger partial charge in [-0.05, 0) is 69.0 Å². The van der Waals surface area contributed by atoms with Crippen molar-refractivity contribution in [2.24, 2.45) is 0 Å². The van der Waals surface area contributed by atoms with Crippen molar-refractivity contribution in [2.45, 2.75) is 45.2 Å². The molecule has 3 aromatic rings. The molecule has 2 amide bonds. The van der Waals surface area contributed by atoms with Crippen LogP contribution in [-0.2, 0) is 6.42 Å². The smallest absolute Gasteiger partial charge is 0.254 e. The molecule has 176 valence electrons. The zero-order chi connectivity index (χ0) is 24.2. The van der Waals surface area contributed by atoms with Crippen LogP contribution in [0.3, 0.4) is 0 Å². The molecule has 4 rings (SSSR count). The Hall–Kier alpha value is -2.82. The van der Waals surface area contributed by atoms with Crippen LogP contribution in [0.5, 0.6) is 0 Å². The first-order chi connectivity index (χ1) is 16.3. The minimum absolute atomic E-state index is 0.0194. The van der Waals surface area contributed by atoms with Gasteiger partial charge in [-0.15, -0.1) is 0 Å². The highest BCUT2D eigenvalue weighted by Gasteiger charge is 2.33. The van der Waals surface area contributed by atoms with Crippen LogP contribution in [0.2, 0.25) is 10.0 Å². The van der Waals surface area contributed by atoms with Crippen LogP contribution in [0.1, 0.15) is 50.2 Å². The summed E-state index contributed by atoms with van der Waals surface area (Å²) in [5.74, 6) is -0.166. The number of piperidine rings is 1. The van der Waals surface area contributed by atoms with Crippen LogP contribution >= 0.6 is 23.2 Å². The summed E-state index contributed by atoms with van der Waals surface area (Å²) in [6.07, 6.45) is 2.06. The Bertz CT molecular complexity index is 1160. The van der Waals surface area contributed by atoms with Gasteiger partial charge < -0.3 is 10.2 Å². The predicted octanol–water partition coefficient (Wildman–Crippen LogP) is 6.26. The second-order valence-electron chi connectivity index (χ2n) is 9.07. The van der Waals surface area contributed by atoms with E-state index >= 15 is 0 Å². The van der Waals surface area contributed by atoms with Gasteiger partial charge in [0.25, 0.3) is 11.8 Å². The molecule has 6 heteroatoms. The Labute approximate surface area is 210 Å². The highest BCUT2D eigenvalue weighted by atomic mass is 35.5. The van der Waals surface area contributed by atoms with Crippen molar-refractivity contribution in [1.82, 2.24) is 10.2 Å². The highest BCUT2D eigenvalue weighted by molar-refractivity contribution is 6.35. The second-order valence-corrected chi connectivity index (χ2v) is 9.94. The van der Waals surface area contributed by atoms with Crippen molar-refractivity contribution < 1.29 is 9.59 Å². The second kappa shape index (κ2) is 10.6. The first-order valence-corrected chi connectivity index (χ1v) is 12.2. The Morgan fingerprint density at radius 1 is 0.912 bits per heavy atom. The SMILES string of the molecule is Cc1cc(C)cc(C(=O)N[C@H]2CCN(C(=O)c3cc(Cl)cc(Cl)c3)[C@H](Cc3ccccc3)C2)c1. The van der Waals surface area contributed by atoms with E-state index in [0.717, 1.165) is 16.7 Å². The number of amides is 2. The van der Waals surface area contributed by atoms with Gasteiger partial charge in [-0.1, -0.05) is 70.7 Å². The van der Waals surface area contributed by atoms with Crippen LogP contribution in [-0.4, -0.2) is 35.3 Å². The van der Waals surface area contributed by atoms with E-state index in [1.807, 2.05) is 49.1 Å². The molecule has 1 aliphatic heterocycles. The van der Waals surface area contributed by atoms with Crippen molar-refractivity contribution in [3.8, 4) is 0 Å². The molecule has 1 fully saturated rings. The largest absolute Gasteiger partial charge is 0.349 e. The summed E-state index contributed by atoms with van der Waals surface area (Å²) in [6.45, 7) is 4.52. The van der Waals surface area contributed by atoms with E-state index in [1.54, 1.807) is 18.2 Å². The average molecular weight is 495 g/mol. The molecular weight excluding hydrogens is 467 g/mol. The summed E-state index contributed by atoms with van der Waals surface area (Å²) in [4.78, 5) is 28.3. The molecule has 0 bridgehead atoms. The summed E-state index contributed by atoms with van der Waals surface area (Å²) in [6, 6.07) is 20.8. The lowest BCUT2D eigenvalue weighted by molar-refractivity contribution is 0.0571. The number of nitrogens with one attached hydrogen (secondary N) is 1. The van der Waals surface area contributed by atoms with Gasteiger partial charge in [-0.25, -0.2) is 0 Å². The molecule has 0 aromatic heterocycles. The Balaban J connectivity index is 1.54. The van der Waals surface area contributed by atoms with E-state index < -0.39 is 0 Å². The zero-order valence-electron chi connectivity index (χ0n) is 19.4. The Morgan fingerprint density at radius 3 is 2.21 bits per heavy atom. The van der Waals surface area contributed by atoms with Crippen LogP contribution in [0.25, 0.3) is 0 Å². The number of benzene rings is 3. The van der Waals surface area contributed by atoms with Gasteiger partial charge in [0.05, 0.1) is 0 Å². The van der Waals surface area contributed by atoms with E-state index in [0.29, 0.717) is 47.0 Å². The Kier molecular flexibility index (Phi) is 7.60. The van der Waals surface area contributed by atoms with Crippen LogP contribution in [0.15, 0.2) is 66.7 Å². The summed E-state index contributed by atoms with van der Waals surface area (Å²) >= 11 is 12.3. The number of hydrogen-bond acceptors (Lipinski definition) is 2. The summed E-state index contributed by atoms with van der Waals surface area (Å²) in [5, 5.41) is 4.08. The molecule has 1 heterocycles. The summed E-state index contributed by atoms with van der Waals surface area (Å²) in [5.41, 5.74) is 4.42. The molecule has 1 aliphatic rings. The number of nitrogens with zero attached hydrogens (tertiary/aromatic N) is 1. The molecule has 3 aromatic carbocycles. The molecule has 1 saturated heterocycles. The zero-order valence-corrected chi connectivity index (χ0v) is 20.9. The minimum Gasteiger partial charge on any atom is -0.349 e. The molecule has 4 nitrogen and oxygen atoms in total. The number of aryl methyl sites for hydroxylation is 2. The third-order valence-electron chi connectivity index (χ3n) is 6.22. The van der Waals surface area contributed by atoms with Crippen LogP contribution < -0.4 is 5.32 Å². The van der Waals surface area contributed by atoms with Gasteiger partial charge in [0, 0.05) is 39.8 Å². The maximum absolute atomic E-state index is 13.5. The van der Waals surface area contributed by atoms with E-state index in [2.05, 4.69) is 23.5 Å². The first kappa shape index (κ1) is 24.3. The van der Waals surface area contributed by atoms with Crippen molar-refractivity contribution in [2.75, 3.05) is 6.54 Å². The van der Waals surface area contributed by atoms with E-state index in [4.69, 9.17) is 23.2 Å². The third kappa shape index (κ3) is 5.99. The van der Waals surface area contributed by atoms with Crippen molar-refractivity contribution in [3.63, 3.8) is 0 Å². The average Bonchev–Trinajstić information content (AvgIpc) is 2.78. The molecule has 34 heavy (non-hydrogen) atoms. The number of halogens is 2. The molecule has 1 N–H and O–H groups in total. The Morgan fingerprint density at radius 2 is 1.56 bits per heavy atom. The molecule has 0 aliphatic carbocycles. The number of carbonyl (C=O) groups excluding carboxylic acids is 2. The van der Waals surface area contributed by atoms with Crippen molar-refractivity contribution in [1.29, 1.82) is 0 Å². The van der Waals surface area contributed by atoms with Gasteiger partial charge in [0.1, 0.15) is 0 Å². The van der Waals surface area contributed by atoms with Gasteiger partial charge in [0.2, 0.25) is 0 Å². The fourth-order valence-electron chi connectivity index (χ4n) is 4.75. The highest BCUT2D eigenvalue weighted by Crippen LogP contribution is 2.26.